The summed E-state index contributed by atoms with van der Waals surface area (Å²) in [5.41, 5.74) is 0.252. The van der Waals surface area contributed by atoms with E-state index < -0.39 is 0 Å². The van der Waals surface area contributed by atoms with Crippen molar-refractivity contribution in [3.8, 4) is 0 Å². The van der Waals surface area contributed by atoms with Gasteiger partial charge in [-0.2, -0.15) is 0 Å². The third-order valence-corrected chi connectivity index (χ3v) is 3.46. The van der Waals surface area contributed by atoms with Gasteiger partial charge in [0, 0.05) is 18.9 Å². The van der Waals surface area contributed by atoms with Crippen LogP contribution in [0.5, 0.6) is 0 Å². The second-order valence-electron chi connectivity index (χ2n) is 5.76. The number of halogens is 1. The van der Waals surface area contributed by atoms with Gasteiger partial charge in [-0.25, -0.2) is 4.98 Å². The molecule has 2 heterocycles. The highest BCUT2D eigenvalue weighted by atomic mass is 35.5. The van der Waals surface area contributed by atoms with Crippen molar-refractivity contribution in [1.29, 1.82) is 0 Å². The molecule has 0 fully saturated rings. The van der Waals surface area contributed by atoms with E-state index in [1.807, 2.05) is 10.8 Å². The van der Waals surface area contributed by atoms with Gasteiger partial charge in [0.25, 0.3) is 5.91 Å². The van der Waals surface area contributed by atoms with Crippen LogP contribution in [-0.2, 0) is 6.54 Å². The smallest absolute Gasteiger partial charge is 0.256 e. The van der Waals surface area contributed by atoms with Crippen molar-refractivity contribution in [2.75, 3.05) is 0 Å². The van der Waals surface area contributed by atoms with Gasteiger partial charge in [-0.1, -0.05) is 20.8 Å². The largest absolute Gasteiger partial charge is 0.452 e. The van der Waals surface area contributed by atoms with Crippen LogP contribution in [-0.4, -0.2) is 21.5 Å². The fraction of sp³-hybridized carbons (Fsp3) is 0.429. The van der Waals surface area contributed by atoms with E-state index in [-0.39, 0.29) is 22.6 Å². The summed E-state index contributed by atoms with van der Waals surface area (Å²) >= 11 is 5.83. The Bertz CT molecular complexity index is 570. The number of carbonyl (C=O) groups is 1. The van der Waals surface area contributed by atoms with Crippen molar-refractivity contribution in [2.24, 2.45) is 5.41 Å². The van der Waals surface area contributed by atoms with Crippen LogP contribution in [0.4, 0.5) is 0 Å². The van der Waals surface area contributed by atoms with E-state index in [9.17, 15) is 4.79 Å². The summed E-state index contributed by atoms with van der Waals surface area (Å²) in [5, 5.41) is 3.12. The molecule has 108 valence electrons. The van der Waals surface area contributed by atoms with E-state index in [0.29, 0.717) is 12.1 Å². The number of imidazole rings is 1. The standard InChI is InChI=1S/C14H18ClN3O2/c1-14(2,3)11(8-18-6-5-16-9-18)17-13(19)10-4-7-20-12(10)15/h4-7,9,11H,8H2,1-3H3,(H,17,19). The Morgan fingerprint density at radius 2 is 2.30 bits per heavy atom. The molecule has 1 unspecified atom stereocenters. The Morgan fingerprint density at radius 3 is 2.80 bits per heavy atom. The van der Waals surface area contributed by atoms with Gasteiger partial charge >= 0.3 is 0 Å². The summed E-state index contributed by atoms with van der Waals surface area (Å²) < 4.78 is 6.89. The number of amides is 1. The molecule has 0 radical (unpaired) electrons. The van der Waals surface area contributed by atoms with Crippen molar-refractivity contribution in [3.05, 3.63) is 41.8 Å². The van der Waals surface area contributed by atoms with Gasteiger partial charge in [-0.15, -0.1) is 0 Å². The lowest BCUT2D eigenvalue weighted by atomic mass is 9.86. The highest BCUT2D eigenvalue weighted by Gasteiger charge is 2.28. The van der Waals surface area contributed by atoms with Crippen LogP contribution in [0.3, 0.4) is 0 Å². The predicted octanol–water partition coefficient (Wildman–Crippen LogP) is 2.97. The molecule has 0 aromatic carbocycles. The number of rotatable bonds is 4. The normalized spacial score (nSPS) is 13.2. The summed E-state index contributed by atoms with van der Waals surface area (Å²) in [6.45, 7) is 6.87. The summed E-state index contributed by atoms with van der Waals surface area (Å²) in [6.07, 6.45) is 6.72. The zero-order valence-electron chi connectivity index (χ0n) is 11.8. The van der Waals surface area contributed by atoms with Crippen molar-refractivity contribution >= 4 is 17.5 Å². The maximum absolute atomic E-state index is 12.2. The number of furan rings is 1. The quantitative estimate of drug-likeness (QED) is 0.943. The van der Waals surface area contributed by atoms with Crippen molar-refractivity contribution in [2.45, 2.75) is 33.4 Å². The molecule has 0 aliphatic carbocycles. The Labute approximate surface area is 122 Å². The fourth-order valence-electron chi connectivity index (χ4n) is 1.83. The van der Waals surface area contributed by atoms with Crippen LogP contribution in [0, 0.1) is 5.41 Å². The minimum Gasteiger partial charge on any atom is -0.452 e. The van der Waals surface area contributed by atoms with Gasteiger partial charge in [0.15, 0.2) is 0 Å². The second-order valence-corrected chi connectivity index (χ2v) is 6.10. The van der Waals surface area contributed by atoms with E-state index >= 15 is 0 Å². The van der Waals surface area contributed by atoms with Gasteiger partial charge in [-0.3, -0.25) is 4.79 Å². The number of nitrogens with zero attached hydrogens (tertiary/aromatic N) is 2. The van der Waals surface area contributed by atoms with E-state index in [0.717, 1.165) is 0 Å². The topological polar surface area (TPSA) is 60.1 Å². The Balaban J connectivity index is 2.12. The molecule has 2 aromatic heterocycles. The van der Waals surface area contributed by atoms with Crippen LogP contribution in [0.2, 0.25) is 5.22 Å². The minimum atomic E-state index is -0.233. The molecule has 5 nitrogen and oxygen atoms in total. The first-order valence-electron chi connectivity index (χ1n) is 6.37. The van der Waals surface area contributed by atoms with Crippen LogP contribution < -0.4 is 5.32 Å². The number of carbonyl (C=O) groups excluding carboxylic acids is 1. The molecule has 1 N–H and O–H groups in total. The molecule has 2 aromatic rings. The Kier molecular flexibility index (Phi) is 4.18. The maximum Gasteiger partial charge on any atom is 0.256 e. The second kappa shape index (κ2) is 5.71. The molecule has 1 amide bonds. The van der Waals surface area contributed by atoms with Gasteiger partial charge in [0.05, 0.1) is 24.2 Å². The average molecular weight is 296 g/mol. The lowest BCUT2D eigenvalue weighted by molar-refractivity contribution is 0.0892. The van der Waals surface area contributed by atoms with Gasteiger partial charge in [0.1, 0.15) is 0 Å². The van der Waals surface area contributed by atoms with E-state index in [2.05, 4.69) is 31.1 Å². The summed E-state index contributed by atoms with van der Waals surface area (Å²) in [6, 6.07) is 1.50. The number of nitrogens with one attached hydrogen (secondary N) is 1. The molecular formula is C14H18ClN3O2. The summed E-state index contributed by atoms with van der Waals surface area (Å²) in [4.78, 5) is 16.2. The lowest BCUT2D eigenvalue weighted by Crippen LogP contribution is -2.46. The third-order valence-electron chi connectivity index (χ3n) is 3.17. The summed E-state index contributed by atoms with van der Waals surface area (Å²) in [7, 11) is 0. The number of aromatic nitrogens is 2. The van der Waals surface area contributed by atoms with Gasteiger partial charge in [0.2, 0.25) is 5.22 Å². The number of hydrogen-bond donors (Lipinski definition) is 1. The van der Waals surface area contributed by atoms with E-state index in [4.69, 9.17) is 16.0 Å². The van der Waals surface area contributed by atoms with Crippen molar-refractivity contribution in [3.63, 3.8) is 0 Å². The predicted molar refractivity (Wildman–Crippen MR) is 76.7 cm³/mol. The maximum atomic E-state index is 12.2. The highest BCUT2D eigenvalue weighted by molar-refractivity contribution is 6.32. The van der Waals surface area contributed by atoms with Crippen molar-refractivity contribution < 1.29 is 9.21 Å². The monoisotopic (exact) mass is 295 g/mol. The van der Waals surface area contributed by atoms with E-state index in [1.165, 1.54) is 6.26 Å². The first-order chi connectivity index (χ1) is 9.38. The molecule has 0 saturated carbocycles. The van der Waals surface area contributed by atoms with Crippen LogP contribution >= 0.6 is 11.6 Å². The summed E-state index contributed by atoms with van der Waals surface area (Å²) in [5.74, 6) is -0.233. The fourth-order valence-corrected chi connectivity index (χ4v) is 2.03. The molecule has 6 heteroatoms. The van der Waals surface area contributed by atoms with Crippen LogP contribution in [0.1, 0.15) is 31.1 Å². The van der Waals surface area contributed by atoms with Crippen LogP contribution in [0.15, 0.2) is 35.5 Å². The molecule has 0 bridgehead atoms. The van der Waals surface area contributed by atoms with Crippen molar-refractivity contribution in [1.82, 2.24) is 14.9 Å². The van der Waals surface area contributed by atoms with E-state index in [1.54, 1.807) is 18.6 Å². The molecule has 2 rings (SSSR count). The highest BCUT2D eigenvalue weighted by Crippen LogP contribution is 2.23. The SMILES string of the molecule is CC(C)(C)C(Cn1ccnc1)NC(=O)c1ccoc1Cl. The zero-order chi connectivity index (χ0) is 14.8. The Morgan fingerprint density at radius 1 is 1.55 bits per heavy atom. The minimum absolute atomic E-state index is 0.0600. The number of hydrogen-bond acceptors (Lipinski definition) is 3. The molecule has 1 atom stereocenters. The molecule has 0 aliphatic rings. The molecule has 0 saturated heterocycles. The molecule has 0 spiro atoms. The first kappa shape index (κ1) is 14.7. The Hall–Kier alpha value is -1.75. The van der Waals surface area contributed by atoms with Crippen LogP contribution in [0.25, 0.3) is 0 Å². The molecular weight excluding hydrogens is 278 g/mol. The molecule has 0 aliphatic heterocycles. The van der Waals surface area contributed by atoms with Gasteiger partial charge in [-0.05, 0) is 23.1 Å². The lowest BCUT2D eigenvalue weighted by Gasteiger charge is -2.31. The average Bonchev–Trinajstić information content (AvgIpc) is 2.98. The van der Waals surface area contributed by atoms with Gasteiger partial charge < -0.3 is 14.3 Å². The zero-order valence-corrected chi connectivity index (χ0v) is 12.5. The third kappa shape index (κ3) is 3.42. The molecule has 20 heavy (non-hydrogen) atoms. The first-order valence-corrected chi connectivity index (χ1v) is 6.75.